The maximum Gasteiger partial charge on any atom is 0.411 e. The van der Waals surface area contributed by atoms with E-state index in [1.807, 2.05) is 0 Å². The summed E-state index contributed by atoms with van der Waals surface area (Å²) in [5, 5.41) is 2.49. The maximum atomic E-state index is 15.4. The van der Waals surface area contributed by atoms with E-state index in [-0.39, 0.29) is 39.7 Å². The lowest BCUT2D eigenvalue weighted by atomic mass is 10.0. The predicted octanol–water partition coefficient (Wildman–Crippen LogP) is 4.34. The Kier molecular flexibility index (Phi) is 7.73. The van der Waals surface area contributed by atoms with Gasteiger partial charge in [0.05, 0.1) is 17.1 Å². The molecule has 0 spiro atoms. The lowest BCUT2D eigenvalue weighted by Crippen LogP contribution is -2.45. The third-order valence-corrected chi connectivity index (χ3v) is 6.99. The van der Waals surface area contributed by atoms with Crippen LogP contribution >= 0.6 is 11.6 Å². The molecule has 35 heavy (non-hydrogen) atoms. The molecule has 1 fully saturated rings. The smallest absolute Gasteiger partial charge is 0.411 e. The zero-order chi connectivity index (χ0) is 26.1. The Hall–Kier alpha value is -2.76. The van der Waals surface area contributed by atoms with Gasteiger partial charge in [-0.05, 0) is 52.1 Å². The summed E-state index contributed by atoms with van der Waals surface area (Å²) in [6.07, 6.45) is -2.55. The first-order valence-electron chi connectivity index (χ1n) is 10.7. The Morgan fingerprint density at radius 3 is 2.49 bits per heavy atom. The van der Waals surface area contributed by atoms with Crippen molar-refractivity contribution in [1.82, 2.24) is 9.62 Å². The molecule has 1 saturated heterocycles. The molecule has 1 aliphatic rings. The van der Waals surface area contributed by atoms with Gasteiger partial charge in [-0.3, -0.25) is 9.69 Å². The number of halogens is 3. The lowest BCUT2D eigenvalue weighted by molar-refractivity contribution is -0.120. The highest BCUT2D eigenvalue weighted by Crippen LogP contribution is 2.35. The summed E-state index contributed by atoms with van der Waals surface area (Å²) < 4.78 is 61.3. The monoisotopic (exact) mass is 529 g/mol. The van der Waals surface area contributed by atoms with Crippen molar-refractivity contribution in [1.29, 1.82) is 0 Å². The Balaban J connectivity index is 1.90. The molecule has 0 bridgehead atoms. The second kappa shape index (κ2) is 10.1. The molecule has 0 saturated carbocycles. The van der Waals surface area contributed by atoms with Gasteiger partial charge in [-0.15, -0.1) is 0 Å². The van der Waals surface area contributed by atoms with Crippen LogP contribution in [0.1, 0.15) is 27.2 Å². The van der Waals surface area contributed by atoms with Crippen molar-refractivity contribution in [2.45, 2.75) is 49.9 Å². The van der Waals surface area contributed by atoms with Crippen molar-refractivity contribution in [3.8, 4) is 11.1 Å². The van der Waals surface area contributed by atoms with E-state index in [1.165, 1.54) is 43.4 Å². The molecule has 2 atom stereocenters. The van der Waals surface area contributed by atoms with E-state index in [1.54, 1.807) is 20.8 Å². The van der Waals surface area contributed by atoms with Crippen molar-refractivity contribution >= 4 is 39.3 Å². The molecular formula is C23H26ClF2N3O5S. The number of anilines is 1. The number of amides is 2. The number of benzene rings is 2. The van der Waals surface area contributed by atoms with Crippen LogP contribution < -0.4 is 10.0 Å². The van der Waals surface area contributed by atoms with Crippen LogP contribution in [0.2, 0.25) is 5.02 Å². The largest absolute Gasteiger partial charge is 0.444 e. The third-order valence-electron chi connectivity index (χ3n) is 5.24. The van der Waals surface area contributed by atoms with E-state index in [4.69, 9.17) is 16.3 Å². The summed E-state index contributed by atoms with van der Waals surface area (Å²) in [5.41, 5.74) is -1.05. The van der Waals surface area contributed by atoms with E-state index < -0.39 is 45.7 Å². The standard InChI is InChI=1S/C23H26ClF2N3O5S/c1-23(2,3)34-22(31)29-12-13(25)10-19(29)21(30)28-18-7-5-6-15(20(18)26)16-11-14(8-9-17(16)24)35(32,33)27-4/h5-9,11,13,19,27H,10,12H2,1-4H3,(H,28,30)/t13-,19+/m1/s1. The Labute approximate surface area is 207 Å². The number of ether oxygens (including phenoxy) is 1. The predicted molar refractivity (Wildman–Crippen MR) is 128 cm³/mol. The fourth-order valence-electron chi connectivity index (χ4n) is 3.60. The fourth-order valence-corrected chi connectivity index (χ4v) is 4.58. The van der Waals surface area contributed by atoms with E-state index in [9.17, 15) is 22.4 Å². The van der Waals surface area contributed by atoms with Crippen LogP contribution in [0.4, 0.5) is 19.3 Å². The average Bonchev–Trinajstić information content (AvgIpc) is 3.16. The number of carbonyl (C=O) groups excluding carboxylic acids is 2. The molecular weight excluding hydrogens is 504 g/mol. The molecule has 12 heteroatoms. The summed E-state index contributed by atoms with van der Waals surface area (Å²) in [6, 6.07) is 6.73. The molecule has 2 N–H and O–H groups in total. The van der Waals surface area contributed by atoms with E-state index in [0.29, 0.717) is 0 Å². The first kappa shape index (κ1) is 26.8. The minimum atomic E-state index is -3.82. The van der Waals surface area contributed by atoms with Gasteiger partial charge in [0.25, 0.3) is 0 Å². The van der Waals surface area contributed by atoms with Gasteiger partial charge in [0.1, 0.15) is 17.8 Å². The summed E-state index contributed by atoms with van der Waals surface area (Å²) in [4.78, 5) is 26.3. The molecule has 2 amide bonds. The molecule has 2 aromatic rings. The van der Waals surface area contributed by atoms with Gasteiger partial charge in [-0.25, -0.2) is 26.7 Å². The van der Waals surface area contributed by atoms with Crippen LogP contribution in [0, 0.1) is 5.82 Å². The summed E-state index contributed by atoms with van der Waals surface area (Å²) >= 11 is 6.21. The first-order valence-corrected chi connectivity index (χ1v) is 12.6. The van der Waals surface area contributed by atoms with E-state index >= 15 is 4.39 Å². The highest BCUT2D eigenvalue weighted by molar-refractivity contribution is 7.89. The van der Waals surface area contributed by atoms with Gasteiger partial charge in [-0.1, -0.05) is 23.7 Å². The van der Waals surface area contributed by atoms with Crippen LogP contribution in [0.15, 0.2) is 41.3 Å². The van der Waals surface area contributed by atoms with Gasteiger partial charge in [-0.2, -0.15) is 0 Å². The summed E-state index contributed by atoms with van der Waals surface area (Å²) in [6.45, 7) is 4.61. The van der Waals surface area contributed by atoms with Gasteiger partial charge in [0.2, 0.25) is 15.9 Å². The average molecular weight is 530 g/mol. The van der Waals surface area contributed by atoms with Crippen molar-refractivity contribution < 1.29 is 31.5 Å². The zero-order valence-corrected chi connectivity index (χ0v) is 21.1. The summed E-state index contributed by atoms with van der Waals surface area (Å²) in [7, 11) is -2.57. The fraction of sp³-hybridized carbons (Fsp3) is 0.391. The van der Waals surface area contributed by atoms with Crippen LogP contribution in [-0.4, -0.2) is 56.7 Å². The number of rotatable bonds is 5. The Bertz CT molecular complexity index is 1250. The van der Waals surface area contributed by atoms with Crippen molar-refractivity contribution in [3.05, 3.63) is 47.2 Å². The molecule has 0 aliphatic carbocycles. The van der Waals surface area contributed by atoms with Crippen LogP contribution in [0.3, 0.4) is 0 Å². The normalized spacial score (nSPS) is 18.4. The molecule has 190 valence electrons. The van der Waals surface area contributed by atoms with Gasteiger partial charge < -0.3 is 10.1 Å². The summed E-state index contributed by atoms with van der Waals surface area (Å²) in [5.74, 6) is -1.66. The number of carbonyl (C=O) groups is 2. The van der Waals surface area contributed by atoms with Gasteiger partial charge >= 0.3 is 6.09 Å². The maximum absolute atomic E-state index is 15.4. The SMILES string of the molecule is CNS(=O)(=O)c1ccc(Cl)c(-c2cccc(NC(=O)[C@@H]3C[C@@H](F)CN3C(=O)OC(C)(C)C)c2F)c1. The molecule has 0 radical (unpaired) electrons. The Morgan fingerprint density at radius 1 is 1.17 bits per heavy atom. The molecule has 0 unspecified atom stereocenters. The topological polar surface area (TPSA) is 105 Å². The van der Waals surface area contributed by atoms with Crippen molar-refractivity contribution in [2.24, 2.45) is 0 Å². The quantitative estimate of drug-likeness (QED) is 0.599. The Morgan fingerprint density at radius 2 is 1.86 bits per heavy atom. The van der Waals surface area contributed by atoms with Crippen molar-refractivity contribution in [3.63, 3.8) is 0 Å². The van der Waals surface area contributed by atoms with Crippen LogP contribution in [0.25, 0.3) is 11.1 Å². The highest BCUT2D eigenvalue weighted by Gasteiger charge is 2.42. The molecule has 8 nitrogen and oxygen atoms in total. The van der Waals surface area contributed by atoms with E-state index in [2.05, 4.69) is 10.0 Å². The first-order chi connectivity index (χ1) is 16.2. The molecule has 1 aliphatic heterocycles. The second-order valence-electron chi connectivity index (χ2n) is 8.99. The van der Waals surface area contributed by atoms with Crippen LogP contribution in [-0.2, 0) is 19.6 Å². The van der Waals surface area contributed by atoms with Gasteiger partial charge in [0, 0.05) is 22.6 Å². The second-order valence-corrected chi connectivity index (χ2v) is 11.3. The minimum Gasteiger partial charge on any atom is -0.444 e. The van der Waals surface area contributed by atoms with E-state index in [0.717, 1.165) is 4.90 Å². The van der Waals surface area contributed by atoms with Crippen LogP contribution in [0.5, 0.6) is 0 Å². The van der Waals surface area contributed by atoms with Gasteiger partial charge in [0.15, 0.2) is 5.82 Å². The highest BCUT2D eigenvalue weighted by atomic mass is 35.5. The number of nitrogens with zero attached hydrogens (tertiary/aromatic N) is 1. The molecule has 3 rings (SSSR count). The number of alkyl halides is 1. The molecule has 1 heterocycles. The molecule has 0 aromatic heterocycles. The number of nitrogens with one attached hydrogen (secondary N) is 2. The number of hydrogen-bond acceptors (Lipinski definition) is 5. The number of likely N-dealkylation sites (tertiary alicyclic amines) is 1. The number of sulfonamides is 1. The molecule has 2 aromatic carbocycles. The van der Waals surface area contributed by atoms with Crippen molar-refractivity contribution in [2.75, 3.05) is 18.9 Å². The zero-order valence-electron chi connectivity index (χ0n) is 19.6. The number of hydrogen-bond donors (Lipinski definition) is 2. The lowest BCUT2D eigenvalue weighted by Gasteiger charge is -2.27. The third kappa shape index (κ3) is 6.09. The minimum absolute atomic E-state index is 0.0558.